The van der Waals surface area contributed by atoms with Gasteiger partial charge in [0.15, 0.2) is 0 Å². The second-order valence-electron chi connectivity index (χ2n) is 4.96. The van der Waals surface area contributed by atoms with E-state index >= 15 is 0 Å². The van der Waals surface area contributed by atoms with E-state index in [1.807, 2.05) is 18.6 Å². The molecule has 0 atom stereocenters. The number of alkyl halides is 1. The van der Waals surface area contributed by atoms with Crippen LogP contribution < -0.4 is 0 Å². The molecule has 2 rings (SSSR count). The fraction of sp³-hybridized carbons (Fsp3) is 0.375. The van der Waals surface area contributed by atoms with Crippen LogP contribution in [0.3, 0.4) is 0 Å². The van der Waals surface area contributed by atoms with Crippen LogP contribution >= 0.6 is 27.5 Å². The fourth-order valence-electron chi connectivity index (χ4n) is 2.20. The van der Waals surface area contributed by atoms with Gasteiger partial charge in [-0.05, 0) is 37.0 Å². The number of methoxy groups -OCH3 is 1. The van der Waals surface area contributed by atoms with Gasteiger partial charge >= 0.3 is 5.97 Å². The van der Waals surface area contributed by atoms with Crippen LogP contribution in [0.2, 0.25) is 0 Å². The summed E-state index contributed by atoms with van der Waals surface area (Å²) >= 11 is 9.24. The Morgan fingerprint density at radius 3 is 2.91 bits per heavy atom. The molecule has 0 radical (unpaired) electrons. The minimum Gasteiger partial charge on any atom is -0.465 e. The molecule has 0 unspecified atom stereocenters. The van der Waals surface area contributed by atoms with Crippen LogP contribution in [0.1, 0.15) is 34.5 Å². The second kappa shape index (κ2) is 8.34. The highest BCUT2D eigenvalue weighted by molar-refractivity contribution is 9.10. The van der Waals surface area contributed by atoms with Crippen molar-refractivity contribution in [3.63, 3.8) is 0 Å². The number of unbranched alkanes of at least 4 members (excludes halogenated alkanes) is 1. The molecule has 0 saturated heterocycles. The van der Waals surface area contributed by atoms with Gasteiger partial charge in [-0.1, -0.05) is 22.0 Å². The van der Waals surface area contributed by atoms with Gasteiger partial charge in [0.2, 0.25) is 0 Å². The topological polar surface area (TPSA) is 44.1 Å². The average Bonchev–Trinajstić information content (AvgIpc) is 2.96. The number of aryl methyl sites for hydroxylation is 1. The minimum absolute atomic E-state index is 0.336. The van der Waals surface area contributed by atoms with E-state index in [0.29, 0.717) is 18.0 Å². The van der Waals surface area contributed by atoms with E-state index in [2.05, 4.69) is 25.5 Å². The quantitative estimate of drug-likeness (QED) is 0.410. The number of rotatable bonds is 7. The normalized spacial score (nSPS) is 10.7. The molecule has 0 N–H and O–H groups in total. The van der Waals surface area contributed by atoms with Crippen molar-refractivity contribution in [1.82, 2.24) is 9.55 Å². The first-order valence-corrected chi connectivity index (χ1v) is 8.40. The monoisotopic (exact) mass is 384 g/mol. The Morgan fingerprint density at radius 1 is 1.41 bits per heavy atom. The number of benzene rings is 1. The first-order chi connectivity index (χ1) is 10.7. The first kappa shape index (κ1) is 17.0. The van der Waals surface area contributed by atoms with Crippen molar-refractivity contribution in [3.8, 4) is 0 Å². The Morgan fingerprint density at radius 2 is 2.23 bits per heavy atom. The Kier molecular flexibility index (Phi) is 6.46. The second-order valence-corrected chi connectivity index (χ2v) is 6.19. The molecule has 118 valence electrons. The lowest BCUT2D eigenvalue weighted by molar-refractivity contribution is 0.0600. The summed E-state index contributed by atoms with van der Waals surface area (Å²) in [5, 5.41) is 0. The van der Waals surface area contributed by atoms with Gasteiger partial charge in [-0.15, -0.1) is 11.6 Å². The molecule has 0 aliphatic heterocycles. The largest absolute Gasteiger partial charge is 0.465 e. The molecule has 0 bridgehead atoms. The van der Waals surface area contributed by atoms with Crippen molar-refractivity contribution in [2.24, 2.45) is 0 Å². The molecule has 0 amide bonds. The molecule has 0 aliphatic carbocycles. The molecular weight excluding hydrogens is 368 g/mol. The molecule has 2 aromatic rings. The lowest BCUT2D eigenvalue weighted by Gasteiger charge is -2.10. The van der Waals surface area contributed by atoms with Gasteiger partial charge < -0.3 is 9.30 Å². The van der Waals surface area contributed by atoms with Gasteiger partial charge in [-0.25, -0.2) is 9.78 Å². The highest BCUT2D eigenvalue weighted by Gasteiger charge is 2.10. The molecule has 0 fully saturated rings. The van der Waals surface area contributed by atoms with Crippen LogP contribution in [0.5, 0.6) is 0 Å². The predicted octanol–water partition coefficient (Wildman–Crippen LogP) is 4.04. The molecule has 0 spiro atoms. The maximum absolute atomic E-state index is 11.5. The van der Waals surface area contributed by atoms with Crippen molar-refractivity contribution in [2.45, 2.75) is 25.8 Å². The van der Waals surface area contributed by atoms with E-state index in [1.165, 1.54) is 12.8 Å². The number of carbonyl (C=O) groups excluding carboxylic acids is 1. The number of nitrogens with zero attached hydrogens (tertiary/aromatic N) is 2. The number of halogens is 2. The molecule has 1 aromatic heterocycles. The summed E-state index contributed by atoms with van der Waals surface area (Å²) in [6.45, 7) is 0.707. The summed E-state index contributed by atoms with van der Waals surface area (Å²) in [7, 11) is 1.38. The van der Waals surface area contributed by atoms with Crippen molar-refractivity contribution >= 4 is 33.5 Å². The fourth-order valence-corrected chi connectivity index (χ4v) is 2.90. The van der Waals surface area contributed by atoms with Crippen molar-refractivity contribution in [3.05, 3.63) is 52.0 Å². The van der Waals surface area contributed by atoms with Crippen LogP contribution in [0.25, 0.3) is 0 Å². The Bertz CT molecular complexity index is 643. The van der Waals surface area contributed by atoms with Crippen molar-refractivity contribution in [2.75, 3.05) is 13.0 Å². The van der Waals surface area contributed by atoms with Gasteiger partial charge in [0.1, 0.15) is 0 Å². The molecule has 1 aromatic carbocycles. The minimum atomic E-state index is -0.336. The SMILES string of the molecule is COC(=O)c1ccc(Cn2cncc2CCCCCl)c(Br)c1. The summed E-state index contributed by atoms with van der Waals surface area (Å²) in [6.07, 6.45) is 6.74. The number of aromatic nitrogens is 2. The standard InChI is InChI=1S/C16H18BrClN2O2/c1-22-16(21)12-5-6-13(15(17)8-12)10-20-11-19-9-14(20)4-2-3-7-18/h5-6,8-9,11H,2-4,7,10H2,1H3. The predicted molar refractivity (Wildman–Crippen MR) is 90.5 cm³/mol. The van der Waals surface area contributed by atoms with Crippen LogP contribution in [0.4, 0.5) is 0 Å². The van der Waals surface area contributed by atoms with Crippen molar-refractivity contribution in [1.29, 1.82) is 0 Å². The van der Waals surface area contributed by atoms with E-state index in [1.54, 1.807) is 12.1 Å². The van der Waals surface area contributed by atoms with Crippen LogP contribution in [0, 0.1) is 0 Å². The third-order valence-corrected chi connectivity index (χ3v) is 4.44. The Hall–Kier alpha value is -1.33. The molecule has 0 aliphatic rings. The zero-order valence-corrected chi connectivity index (χ0v) is 14.7. The number of hydrogen-bond donors (Lipinski definition) is 0. The van der Waals surface area contributed by atoms with Crippen molar-refractivity contribution < 1.29 is 9.53 Å². The summed E-state index contributed by atoms with van der Waals surface area (Å²) in [4.78, 5) is 15.8. The van der Waals surface area contributed by atoms with Crippen LogP contribution in [0.15, 0.2) is 35.2 Å². The molecule has 1 heterocycles. The highest BCUT2D eigenvalue weighted by atomic mass is 79.9. The zero-order valence-electron chi connectivity index (χ0n) is 12.4. The lowest BCUT2D eigenvalue weighted by atomic mass is 10.1. The van der Waals surface area contributed by atoms with E-state index in [-0.39, 0.29) is 5.97 Å². The summed E-state index contributed by atoms with van der Waals surface area (Å²) < 4.78 is 7.73. The van der Waals surface area contributed by atoms with Gasteiger partial charge in [0.25, 0.3) is 0 Å². The van der Waals surface area contributed by atoms with E-state index in [0.717, 1.165) is 29.3 Å². The molecule has 0 saturated carbocycles. The van der Waals surface area contributed by atoms with E-state index in [9.17, 15) is 4.79 Å². The van der Waals surface area contributed by atoms with Gasteiger partial charge in [-0.2, -0.15) is 0 Å². The third kappa shape index (κ3) is 4.34. The van der Waals surface area contributed by atoms with Crippen LogP contribution in [-0.4, -0.2) is 28.5 Å². The molecular formula is C16H18BrClN2O2. The van der Waals surface area contributed by atoms with Gasteiger partial charge in [-0.3, -0.25) is 0 Å². The number of imidazole rings is 1. The summed E-state index contributed by atoms with van der Waals surface area (Å²) in [6, 6.07) is 5.49. The lowest BCUT2D eigenvalue weighted by Crippen LogP contribution is -2.06. The summed E-state index contributed by atoms with van der Waals surface area (Å²) in [5.74, 6) is 0.353. The average molecular weight is 386 g/mol. The smallest absolute Gasteiger partial charge is 0.337 e. The number of esters is 1. The zero-order chi connectivity index (χ0) is 15.9. The number of hydrogen-bond acceptors (Lipinski definition) is 3. The van der Waals surface area contributed by atoms with Gasteiger partial charge in [0.05, 0.1) is 19.0 Å². The third-order valence-electron chi connectivity index (χ3n) is 3.43. The Labute approximate surface area is 143 Å². The van der Waals surface area contributed by atoms with Gasteiger partial charge in [0, 0.05) is 28.8 Å². The molecule has 4 nitrogen and oxygen atoms in total. The summed E-state index contributed by atoms with van der Waals surface area (Å²) in [5.41, 5.74) is 2.81. The molecule has 6 heteroatoms. The first-order valence-electron chi connectivity index (χ1n) is 7.07. The maximum Gasteiger partial charge on any atom is 0.337 e. The molecule has 22 heavy (non-hydrogen) atoms. The van der Waals surface area contributed by atoms with E-state index in [4.69, 9.17) is 16.3 Å². The Balaban J connectivity index is 2.11. The number of ether oxygens (including phenoxy) is 1. The maximum atomic E-state index is 11.5. The number of carbonyl (C=O) groups is 1. The highest BCUT2D eigenvalue weighted by Crippen LogP contribution is 2.21. The van der Waals surface area contributed by atoms with E-state index < -0.39 is 0 Å². The van der Waals surface area contributed by atoms with Crippen LogP contribution in [-0.2, 0) is 17.7 Å².